The summed E-state index contributed by atoms with van der Waals surface area (Å²) in [6.07, 6.45) is 5.34. The van der Waals surface area contributed by atoms with Crippen LogP contribution in [0.15, 0.2) is 0 Å². The van der Waals surface area contributed by atoms with Crippen LogP contribution in [-0.4, -0.2) is 11.9 Å². The van der Waals surface area contributed by atoms with Gasteiger partial charge in [-0.15, -0.1) is 0 Å². The normalized spacial score (nSPS) is 23.8. The molecule has 0 unspecified atom stereocenters. The molecule has 0 spiro atoms. The minimum absolute atomic E-state index is 0.147. The summed E-state index contributed by atoms with van der Waals surface area (Å²) in [5.41, 5.74) is 0. The third-order valence-corrected chi connectivity index (χ3v) is 2.63. The van der Waals surface area contributed by atoms with E-state index in [1.54, 1.807) is 6.92 Å². The van der Waals surface area contributed by atoms with Crippen molar-refractivity contribution in [1.82, 2.24) is 5.32 Å². The molecule has 11 heavy (non-hydrogen) atoms. The first-order valence-corrected chi connectivity index (χ1v) is 4.54. The molecule has 62 valence electrons. The average Bonchev–Trinajstić information content (AvgIpc) is 2.79. The van der Waals surface area contributed by atoms with Crippen molar-refractivity contribution in [3.05, 3.63) is 0 Å². The molecule has 0 radical (unpaired) electrons. The molecule has 1 N–H and O–H groups in total. The fourth-order valence-electron chi connectivity index (χ4n) is 1.77. The molecular weight excluding hydrogens is 138 g/mol. The van der Waals surface area contributed by atoms with Crippen LogP contribution >= 0.6 is 0 Å². The quantitative estimate of drug-likeness (QED) is 0.650. The van der Waals surface area contributed by atoms with Gasteiger partial charge in [0.1, 0.15) is 0 Å². The number of nitrogens with one attached hydrogen (secondary N) is 1. The number of carbonyl (C=O) groups is 1. The van der Waals surface area contributed by atoms with Crippen LogP contribution in [0.1, 0.15) is 32.6 Å². The van der Waals surface area contributed by atoms with Gasteiger partial charge in [-0.3, -0.25) is 4.79 Å². The van der Waals surface area contributed by atoms with E-state index in [4.69, 9.17) is 0 Å². The Morgan fingerprint density at radius 1 is 1.27 bits per heavy atom. The molecule has 2 saturated carbocycles. The fraction of sp³-hybridized carbons (Fsp3) is 0.889. The highest BCUT2D eigenvalue weighted by Crippen LogP contribution is 2.44. The molecule has 2 fully saturated rings. The topological polar surface area (TPSA) is 29.1 Å². The fourth-order valence-corrected chi connectivity index (χ4v) is 1.77. The van der Waals surface area contributed by atoms with Gasteiger partial charge in [0.25, 0.3) is 0 Å². The van der Waals surface area contributed by atoms with Crippen molar-refractivity contribution in [2.45, 2.75) is 38.6 Å². The van der Waals surface area contributed by atoms with Crippen LogP contribution < -0.4 is 5.32 Å². The molecule has 0 aromatic rings. The highest BCUT2D eigenvalue weighted by Gasteiger charge is 2.41. The molecule has 0 heterocycles. The molecule has 2 rings (SSSR count). The van der Waals surface area contributed by atoms with Crippen LogP contribution in [0.2, 0.25) is 0 Å². The Bertz CT molecular complexity index is 158. The first-order valence-electron chi connectivity index (χ1n) is 4.54. The lowest BCUT2D eigenvalue weighted by Gasteiger charge is -2.15. The summed E-state index contributed by atoms with van der Waals surface area (Å²) < 4.78 is 0. The molecule has 0 atom stereocenters. The minimum atomic E-state index is 0.147. The van der Waals surface area contributed by atoms with Gasteiger partial charge in [0.2, 0.25) is 5.91 Å². The summed E-state index contributed by atoms with van der Waals surface area (Å²) in [6, 6.07) is 0.535. The van der Waals surface area contributed by atoms with Gasteiger partial charge in [0.05, 0.1) is 0 Å². The Labute approximate surface area is 67.4 Å². The molecule has 0 aromatic heterocycles. The van der Waals surface area contributed by atoms with Crippen molar-refractivity contribution in [2.75, 3.05) is 0 Å². The van der Waals surface area contributed by atoms with E-state index in [2.05, 4.69) is 5.32 Å². The average molecular weight is 153 g/mol. The van der Waals surface area contributed by atoms with Crippen LogP contribution in [0.25, 0.3) is 0 Å². The van der Waals surface area contributed by atoms with Crippen LogP contribution in [0.5, 0.6) is 0 Å². The van der Waals surface area contributed by atoms with E-state index < -0.39 is 0 Å². The van der Waals surface area contributed by atoms with Gasteiger partial charge in [-0.1, -0.05) is 0 Å². The Balaban J connectivity index is 1.86. The second-order valence-electron chi connectivity index (χ2n) is 3.90. The van der Waals surface area contributed by atoms with E-state index in [0.717, 1.165) is 11.8 Å². The Morgan fingerprint density at radius 2 is 1.73 bits per heavy atom. The zero-order chi connectivity index (χ0) is 7.84. The van der Waals surface area contributed by atoms with Crippen molar-refractivity contribution in [3.8, 4) is 0 Å². The molecule has 2 heteroatoms. The van der Waals surface area contributed by atoms with Gasteiger partial charge < -0.3 is 5.32 Å². The molecule has 0 saturated heterocycles. The molecule has 2 aliphatic rings. The Morgan fingerprint density at radius 3 is 2.00 bits per heavy atom. The standard InChI is InChI=1S/C9H15NO/c1-6(11)10-9(7-2-3-7)8-4-5-8/h7-9H,2-5H2,1H3,(H,10,11). The summed E-state index contributed by atoms with van der Waals surface area (Å²) in [7, 11) is 0. The second kappa shape index (κ2) is 2.50. The van der Waals surface area contributed by atoms with Crippen molar-refractivity contribution < 1.29 is 4.79 Å². The highest BCUT2D eigenvalue weighted by atomic mass is 16.1. The van der Waals surface area contributed by atoms with Gasteiger partial charge in [-0.25, -0.2) is 0 Å². The first-order chi connectivity index (χ1) is 5.27. The molecule has 2 nitrogen and oxygen atoms in total. The van der Waals surface area contributed by atoms with Gasteiger partial charge in [0.15, 0.2) is 0 Å². The van der Waals surface area contributed by atoms with Gasteiger partial charge >= 0.3 is 0 Å². The predicted molar refractivity (Wildman–Crippen MR) is 43.1 cm³/mol. The molecular formula is C9H15NO. The first kappa shape index (κ1) is 7.14. The lowest BCUT2D eigenvalue weighted by molar-refractivity contribution is -0.119. The van der Waals surface area contributed by atoms with E-state index >= 15 is 0 Å². The number of hydrogen-bond acceptors (Lipinski definition) is 1. The molecule has 0 aliphatic heterocycles. The molecule has 1 amide bonds. The SMILES string of the molecule is CC(=O)NC(C1CC1)C1CC1. The third kappa shape index (κ3) is 1.73. The summed E-state index contributed by atoms with van der Waals surface area (Å²) in [6.45, 7) is 1.62. The smallest absolute Gasteiger partial charge is 0.217 e. The zero-order valence-electron chi connectivity index (χ0n) is 6.97. The Hall–Kier alpha value is -0.530. The number of hydrogen-bond donors (Lipinski definition) is 1. The van der Waals surface area contributed by atoms with Gasteiger partial charge in [-0.05, 0) is 37.5 Å². The summed E-state index contributed by atoms with van der Waals surface area (Å²) in [4.78, 5) is 10.8. The third-order valence-electron chi connectivity index (χ3n) is 2.63. The van der Waals surface area contributed by atoms with Crippen LogP contribution in [0.3, 0.4) is 0 Å². The van der Waals surface area contributed by atoms with Crippen molar-refractivity contribution in [3.63, 3.8) is 0 Å². The van der Waals surface area contributed by atoms with Gasteiger partial charge in [0, 0.05) is 13.0 Å². The summed E-state index contributed by atoms with van der Waals surface area (Å²) >= 11 is 0. The molecule has 0 bridgehead atoms. The van der Waals surface area contributed by atoms with Gasteiger partial charge in [-0.2, -0.15) is 0 Å². The minimum Gasteiger partial charge on any atom is -0.353 e. The van der Waals surface area contributed by atoms with Crippen molar-refractivity contribution >= 4 is 5.91 Å². The molecule has 0 aromatic carbocycles. The second-order valence-corrected chi connectivity index (χ2v) is 3.90. The summed E-state index contributed by atoms with van der Waals surface area (Å²) in [5.74, 6) is 1.80. The largest absolute Gasteiger partial charge is 0.353 e. The predicted octanol–water partition coefficient (Wildman–Crippen LogP) is 1.31. The van der Waals surface area contributed by atoms with Crippen molar-refractivity contribution in [1.29, 1.82) is 0 Å². The van der Waals surface area contributed by atoms with E-state index in [1.807, 2.05) is 0 Å². The molecule has 2 aliphatic carbocycles. The van der Waals surface area contributed by atoms with Crippen molar-refractivity contribution in [2.24, 2.45) is 11.8 Å². The van der Waals surface area contributed by atoms with E-state index in [0.29, 0.717) is 6.04 Å². The Kier molecular flexibility index (Phi) is 1.63. The van der Waals surface area contributed by atoms with E-state index in [-0.39, 0.29) is 5.91 Å². The lowest BCUT2D eigenvalue weighted by Crippen LogP contribution is -2.36. The number of rotatable bonds is 3. The van der Waals surface area contributed by atoms with E-state index in [9.17, 15) is 4.79 Å². The van der Waals surface area contributed by atoms with Crippen LogP contribution in [0.4, 0.5) is 0 Å². The van der Waals surface area contributed by atoms with E-state index in [1.165, 1.54) is 25.7 Å². The zero-order valence-corrected chi connectivity index (χ0v) is 6.97. The number of amides is 1. The summed E-state index contributed by atoms with van der Waals surface area (Å²) in [5, 5.41) is 3.06. The monoisotopic (exact) mass is 153 g/mol. The van der Waals surface area contributed by atoms with Crippen LogP contribution in [-0.2, 0) is 4.79 Å². The maximum atomic E-state index is 10.8. The van der Waals surface area contributed by atoms with Crippen LogP contribution in [0, 0.1) is 11.8 Å². The highest BCUT2D eigenvalue weighted by molar-refractivity contribution is 5.73. The lowest BCUT2D eigenvalue weighted by atomic mass is 10.1. The maximum absolute atomic E-state index is 10.8. The number of carbonyl (C=O) groups excluding carboxylic acids is 1. The maximum Gasteiger partial charge on any atom is 0.217 e.